The van der Waals surface area contributed by atoms with E-state index in [4.69, 9.17) is 4.12 Å². The van der Waals surface area contributed by atoms with Gasteiger partial charge in [-0.3, -0.25) is 0 Å². The molecule has 20 heavy (non-hydrogen) atoms. The molecule has 0 fully saturated rings. The quantitative estimate of drug-likeness (QED) is 0.524. The topological polar surface area (TPSA) is 9.23 Å². The fraction of sp³-hybridized carbons (Fsp3) is 1.00. The third kappa shape index (κ3) is 5.65. The summed E-state index contributed by atoms with van der Waals surface area (Å²) in [4.78, 5) is 0. The molecule has 0 radical (unpaired) electrons. The average molecular weight is 317 g/mol. The van der Waals surface area contributed by atoms with Crippen LogP contribution in [0.15, 0.2) is 0 Å². The molecule has 0 aromatic carbocycles. The minimum atomic E-state index is -1.54. The lowest BCUT2D eigenvalue weighted by molar-refractivity contribution is -0.0179. The van der Waals surface area contributed by atoms with Gasteiger partial charge in [-0.05, 0) is 61.4 Å². The molecule has 0 aliphatic heterocycles. The van der Waals surface area contributed by atoms with Gasteiger partial charge in [-0.15, -0.1) is 0 Å². The molecule has 0 saturated heterocycles. The SMILES string of the molecule is CC(C)(C)C(C)(CC[Si](C)(C)O[Si](C)(C)C)C(C)(C)C. The van der Waals surface area contributed by atoms with E-state index < -0.39 is 16.6 Å². The number of hydrogen-bond donors (Lipinski definition) is 0. The second-order valence-corrected chi connectivity index (χ2v) is 19.4. The summed E-state index contributed by atoms with van der Waals surface area (Å²) in [5, 5.41) is 0. The molecule has 0 bridgehead atoms. The molecule has 0 saturated carbocycles. The Labute approximate surface area is 131 Å². The molecular weight excluding hydrogens is 276 g/mol. The molecule has 0 amide bonds. The molecule has 0 aromatic heterocycles. The Hall–Kier alpha value is 0.394. The largest absolute Gasteiger partial charge is 0.456 e. The highest BCUT2D eigenvalue weighted by Crippen LogP contribution is 2.54. The van der Waals surface area contributed by atoms with Crippen molar-refractivity contribution in [2.75, 3.05) is 0 Å². The van der Waals surface area contributed by atoms with E-state index in [9.17, 15) is 0 Å². The predicted octanol–water partition coefficient (Wildman–Crippen LogP) is 6.53. The van der Waals surface area contributed by atoms with E-state index in [1.54, 1.807) is 0 Å². The minimum Gasteiger partial charge on any atom is -0.456 e. The van der Waals surface area contributed by atoms with E-state index in [1.165, 1.54) is 12.5 Å². The zero-order valence-corrected chi connectivity index (χ0v) is 18.3. The lowest BCUT2D eigenvalue weighted by Crippen LogP contribution is -2.47. The zero-order chi connectivity index (χ0) is 16.6. The molecule has 0 aliphatic rings. The van der Waals surface area contributed by atoms with E-state index in [1.807, 2.05) is 0 Å². The van der Waals surface area contributed by atoms with Gasteiger partial charge in [0.1, 0.15) is 0 Å². The maximum Gasteiger partial charge on any atom is 0.173 e. The van der Waals surface area contributed by atoms with Crippen LogP contribution in [0.25, 0.3) is 0 Å². The summed E-state index contributed by atoms with van der Waals surface area (Å²) in [5.41, 5.74) is 0.955. The highest BCUT2D eigenvalue weighted by Gasteiger charge is 2.47. The van der Waals surface area contributed by atoms with Crippen molar-refractivity contribution in [3.8, 4) is 0 Å². The maximum absolute atomic E-state index is 6.52. The van der Waals surface area contributed by atoms with Crippen LogP contribution in [-0.2, 0) is 4.12 Å². The van der Waals surface area contributed by atoms with Crippen molar-refractivity contribution in [3.63, 3.8) is 0 Å². The first-order chi connectivity index (χ1) is 8.41. The Morgan fingerprint density at radius 2 is 1.05 bits per heavy atom. The first-order valence-electron chi connectivity index (χ1n) is 8.12. The van der Waals surface area contributed by atoms with E-state index in [2.05, 4.69) is 81.2 Å². The summed E-state index contributed by atoms with van der Waals surface area (Å²) in [6, 6.07) is 1.27. The van der Waals surface area contributed by atoms with Crippen LogP contribution in [0.3, 0.4) is 0 Å². The first kappa shape index (κ1) is 20.4. The van der Waals surface area contributed by atoms with Crippen LogP contribution in [0.4, 0.5) is 0 Å². The standard InChI is InChI=1S/C17H40OSi2/c1-15(2,3)17(7,16(4,5)6)13-14-20(11,12)18-19(8,9)10/h13-14H2,1-12H3. The molecular formula is C17H40OSi2. The van der Waals surface area contributed by atoms with Crippen molar-refractivity contribution < 1.29 is 4.12 Å². The molecule has 0 N–H and O–H groups in total. The van der Waals surface area contributed by atoms with Crippen molar-refractivity contribution in [1.82, 2.24) is 0 Å². The van der Waals surface area contributed by atoms with E-state index in [0.29, 0.717) is 16.2 Å². The van der Waals surface area contributed by atoms with E-state index in [0.717, 1.165) is 0 Å². The van der Waals surface area contributed by atoms with Crippen LogP contribution in [0.1, 0.15) is 54.9 Å². The van der Waals surface area contributed by atoms with Gasteiger partial charge >= 0.3 is 0 Å². The maximum atomic E-state index is 6.52. The molecule has 1 nitrogen and oxygen atoms in total. The third-order valence-electron chi connectivity index (χ3n) is 5.12. The minimum absolute atomic E-state index is 0.314. The molecule has 3 heteroatoms. The molecule has 0 unspecified atom stereocenters. The van der Waals surface area contributed by atoms with Crippen LogP contribution >= 0.6 is 0 Å². The second-order valence-electron chi connectivity index (χ2n) is 10.3. The van der Waals surface area contributed by atoms with Crippen LogP contribution in [0, 0.1) is 16.2 Å². The fourth-order valence-corrected chi connectivity index (χ4v) is 11.4. The van der Waals surface area contributed by atoms with E-state index >= 15 is 0 Å². The summed E-state index contributed by atoms with van der Waals surface area (Å²) in [5.74, 6) is 0. The van der Waals surface area contributed by atoms with Crippen molar-refractivity contribution in [3.05, 3.63) is 0 Å². The van der Waals surface area contributed by atoms with Crippen molar-refractivity contribution in [1.29, 1.82) is 0 Å². The third-order valence-corrected chi connectivity index (χ3v) is 11.2. The van der Waals surface area contributed by atoms with Gasteiger partial charge in [0.15, 0.2) is 16.6 Å². The zero-order valence-electron chi connectivity index (χ0n) is 16.3. The summed E-state index contributed by atoms with van der Waals surface area (Å²) in [6.07, 6.45) is 1.27. The van der Waals surface area contributed by atoms with Crippen molar-refractivity contribution in [2.24, 2.45) is 16.2 Å². The average Bonchev–Trinajstić information content (AvgIpc) is 2.06. The van der Waals surface area contributed by atoms with Gasteiger partial charge in [0, 0.05) is 0 Å². The smallest absolute Gasteiger partial charge is 0.173 e. The van der Waals surface area contributed by atoms with Gasteiger partial charge in [-0.2, -0.15) is 0 Å². The van der Waals surface area contributed by atoms with Crippen molar-refractivity contribution >= 4 is 16.6 Å². The molecule has 0 aliphatic carbocycles. The van der Waals surface area contributed by atoms with Gasteiger partial charge in [-0.25, -0.2) is 0 Å². The molecule has 0 aromatic rings. The van der Waals surface area contributed by atoms with Crippen LogP contribution < -0.4 is 0 Å². The molecule has 122 valence electrons. The van der Waals surface area contributed by atoms with Gasteiger partial charge in [0.25, 0.3) is 0 Å². The Morgan fingerprint density at radius 1 is 0.700 bits per heavy atom. The van der Waals surface area contributed by atoms with Gasteiger partial charge < -0.3 is 4.12 Å². The van der Waals surface area contributed by atoms with E-state index in [-0.39, 0.29) is 0 Å². The summed E-state index contributed by atoms with van der Waals surface area (Å²) in [7, 11) is -2.96. The highest BCUT2D eigenvalue weighted by atomic mass is 28.4. The Morgan fingerprint density at radius 3 is 1.30 bits per heavy atom. The normalized spacial score (nSPS) is 15.6. The van der Waals surface area contributed by atoms with Crippen LogP contribution in [0.5, 0.6) is 0 Å². The Kier molecular flexibility index (Phi) is 6.00. The van der Waals surface area contributed by atoms with Gasteiger partial charge in [0.2, 0.25) is 0 Å². The molecule has 0 spiro atoms. The predicted molar refractivity (Wildman–Crippen MR) is 98.4 cm³/mol. The van der Waals surface area contributed by atoms with Gasteiger partial charge in [0.05, 0.1) is 0 Å². The molecule has 0 heterocycles. The van der Waals surface area contributed by atoms with Crippen LogP contribution in [-0.4, -0.2) is 16.6 Å². The lowest BCUT2D eigenvalue weighted by Gasteiger charge is -2.53. The number of hydrogen-bond acceptors (Lipinski definition) is 1. The van der Waals surface area contributed by atoms with Crippen LogP contribution in [0.2, 0.25) is 38.8 Å². The fourth-order valence-electron chi connectivity index (χ4n) is 3.31. The second kappa shape index (κ2) is 5.88. The first-order valence-corrected chi connectivity index (χ1v) is 14.6. The summed E-state index contributed by atoms with van der Waals surface area (Å²) < 4.78 is 6.52. The summed E-state index contributed by atoms with van der Waals surface area (Å²) >= 11 is 0. The highest BCUT2D eigenvalue weighted by molar-refractivity contribution is 6.84. The lowest BCUT2D eigenvalue weighted by atomic mass is 9.54. The Balaban J connectivity index is 5.08. The van der Waals surface area contributed by atoms with Crippen molar-refractivity contribution in [2.45, 2.75) is 93.7 Å². The van der Waals surface area contributed by atoms with Gasteiger partial charge in [-0.1, -0.05) is 48.5 Å². The molecule has 0 atom stereocenters. The number of rotatable bonds is 5. The Bertz CT molecular complexity index is 299. The molecule has 0 rings (SSSR count). The monoisotopic (exact) mass is 316 g/mol. The summed E-state index contributed by atoms with van der Waals surface area (Å²) in [6.45, 7) is 28.6.